The third-order valence-electron chi connectivity index (χ3n) is 2.54. The number of hydrogen-bond acceptors (Lipinski definition) is 4. The fourth-order valence-corrected chi connectivity index (χ4v) is 1.50. The lowest BCUT2D eigenvalue weighted by Gasteiger charge is -2.15. The van der Waals surface area contributed by atoms with Crippen LogP contribution in [0.3, 0.4) is 0 Å². The second-order valence-electron chi connectivity index (χ2n) is 4.05. The zero-order chi connectivity index (χ0) is 14.5. The van der Waals surface area contributed by atoms with Crippen molar-refractivity contribution in [1.82, 2.24) is 4.98 Å². The maximum absolute atomic E-state index is 13.4. The molecule has 1 heterocycles. The number of pyridine rings is 1. The van der Waals surface area contributed by atoms with Crippen LogP contribution in [0.1, 0.15) is 6.92 Å². The van der Waals surface area contributed by atoms with Gasteiger partial charge in [-0.05, 0) is 31.2 Å². The molecule has 6 heteroatoms. The summed E-state index contributed by atoms with van der Waals surface area (Å²) in [7, 11) is 0. The van der Waals surface area contributed by atoms with Crippen molar-refractivity contribution in [3.05, 3.63) is 48.4 Å². The van der Waals surface area contributed by atoms with Crippen LogP contribution in [0, 0.1) is 5.82 Å². The molecule has 2 N–H and O–H groups in total. The molecule has 0 aliphatic carbocycles. The number of aromatic hydroxyl groups is 1. The number of benzene rings is 1. The summed E-state index contributed by atoms with van der Waals surface area (Å²) in [5.74, 6) is -1.23. The van der Waals surface area contributed by atoms with Crippen molar-refractivity contribution < 1.29 is 19.0 Å². The Hall–Kier alpha value is -2.63. The third-order valence-corrected chi connectivity index (χ3v) is 2.54. The van der Waals surface area contributed by atoms with Gasteiger partial charge < -0.3 is 15.2 Å². The number of anilines is 1. The number of nitrogens with one attached hydrogen (secondary N) is 1. The van der Waals surface area contributed by atoms with Gasteiger partial charge >= 0.3 is 0 Å². The van der Waals surface area contributed by atoms with E-state index in [1.54, 1.807) is 6.07 Å². The van der Waals surface area contributed by atoms with Gasteiger partial charge in [0.1, 0.15) is 0 Å². The van der Waals surface area contributed by atoms with E-state index in [0.717, 1.165) is 0 Å². The first-order valence-corrected chi connectivity index (χ1v) is 5.94. The Morgan fingerprint density at radius 1 is 1.35 bits per heavy atom. The number of aromatic nitrogens is 1. The van der Waals surface area contributed by atoms with Crippen molar-refractivity contribution in [2.24, 2.45) is 0 Å². The summed E-state index contributed by atoms with van der Waals surface area (Å²) in [6, 6.07) is 8.73. The molecule has 0 aliphatic heterocycles. The van der Waals surface area contributed by atoms with Crippen LogP contribution in [0.5, 0.6) is 11.5 Å². The second kappa shape index (κ2) is 6.01. The van der Waals surface area contributed by atoms with E-state index in [4.69, 9.17) is 4.74 Å². The number of carbonyl (C=O) groups excluding carboxylic acids is 1. The molecule has 0 spiro atoms. The molecule has 2 rings (SSSR count). The fraction of sp³-hybridized carbons (Fsp3) is 0.143. The normalized spacial score (nSPS) is 11.7. The highest BCUT2D eigenvalue weighted by molar-refractivity contribution is 5.94. The van der Waals surface area contributed by atoms with E-state index in [-0.39, 0.29) is 17.3 Å². The van der Waals surface area contributed by atoms with Crippen LogP contribution in [0.25, 0.3) is 0 Å². The Balaban J connectivity index is 2.03. The molecule has 1 aromatic heterocycles. The number of ether oxygens (including phenoxy) is 1. The smallest absolute Gasteiger partial charge is 0.266 e. The van der Waals surface area contributed by atoms with E-state index < -0.39 is 17.8 Å². The van der Waals surface area contributed by atoms with Crippen LogP contribution in [0.4, 0.5) is 10.2 Å². The molecule has 0 radical (unpaired) electrons. The molecular weight excluding hydrogens is 263 g/mol. The minimum atomic E-state index is -0.937. The van der Waals surface area contributed by atoms with Gasteiger partial charge in [0.2, 0.25) is 0 Å². The Morgan fingerprint density at radius 2 is 2.10 bits per heavy atom. The van der Waals surface area contributed by atoms with Crippen molar-refractivity contribution in [3.8, 4) is 11.5 Å². The zero-order valence-electron chi connectivity index (χ0n) is 10.7. The minimum absolute atomic E-state index is 0.0135. The number of carbonyl (C=O) groups is 1. The first-order chi connectivity index (χ1) is 9.58. The van der Waals surface area contributed by atoms with Crippen LogP contribution in [-0.4, -0.2) is 22.1 Å². The highest BCUT2D eigenvalue weighted by Gasteiger charge is 2.18. The predicted octanol–water partition coefficient (Wildman–Crippen LogP) is 2.33. The number of amides is 1. The molecule has 0 saturated heterocycles. The summed E-state index contributed by atoms with van der Waals surface area (Å²) in [5.41, 5.74) is 0. The SMILES string of the molecule is CC(Oc1ccccc1F)C(=O)Nc1ncccc1O. The van der Waals surface area contributed by atoms with Gasteiger partial charge in [0.15, 0.2) is 29.2 Å². The van der Waals surface area contributed by atoms with Gasteiger partial charge in [0.25, 0.3) is 5.91 Å². The lowest BCUT2D eigenvalue weighted by Crippen LogP contribution is -2.30. The lowest BCUT2D eigenvalue weighted by molar-refractivity contribution is -0.122. The van der Waals surface area contributed by atoms with Crippen LogP contribution in [0.15, 0.2) is 42.6 Å². The van der Waals surface area contributed by atoms with E-state index >= 15 is 0 Å². The van der Waals surface area contributed by atoms with Crippen molar-refractivity contribution in [2.75, 3.05) is 5.32 Å². The standard InChI is InChI=1S/C14H13FN2O3/c1-9(20-12-7-3-2-5-10(12)15)14(19)17-13-11(18)6-4-8-16-13/h2-9,18H,1H3,(H,16,17,19). The maximum atomic E-state index is 13.4. The summed E-state index contributed by atoms with van der Waals surface area (Å²) >= 11 is 0. The first-order valence-electron chi connectivity index (χ1n) is 5.94. The molecule has 2 aromatic rings. The van der Waals surface area contributed by atoms with Gasteiger partial charge in [-0.2, -0.15) is 0 Å². The third kappa shape index (κ3) is 3.23. The highest BCUT2D eigenvalue weighted by Crippen LogP contribution is 2.20. The molecule has 1 atom stereocenters. The van der Waals surface area contributed by atoms with Crippen molar-refractivity contribution in [1.29, 1.82) is 0 Å². The van der Waals surface area contributed by atoms with E-state index in [1.165, 1.54) is 43.5 Å². The van der Waals surface area contributed by atoms with E-state index in [1.807, 2.05) is 0 Å². The van der Waals surface area contributed by atoms with E-state index in [9.17, 15) is 14.3 Å². The quantitative estimate of drug-likeness (QED) is 0.899. The molecule has 0 bridgehead atoms. The average molecular weight is 276 g/mol. The summed E-state index contributed by atoms with van der Waals surface area (Å²) in [5, 5.41) is 11.9. The van der Waals surface area contributed by atoms with Crippen LogP contribution in [-0.2, 0) is 4.79 Å². The van der Waals surface area contributed by atoms with E-state index in [2.05, 4.69) is 10.3 Å². The Kier molecular flexibility index (Phi) is 4.14. The van der Waals surface area contributed by atoms with E-state index in [0.29, 0.717) is 0 Å². The summed E-state index contributed by atoms with van der Waals surface area (Å²) in [6.07, 6.45) is 0.492. The maximum Gasteiger partial charge on any atom is 0.266 e. The largest absolute Gasteiger partial charge is 0.504 e. The monoisotopic (exact) mass is 276 g/mol. The topological polar surface area (TPSA) is 71.5 Å². The molecule has 0 fully saturated rings. The van der Waals surface area contributed by atoms with Crippen LogP contribution < -0.4 is 10.1 Å². The van der Waals surface area contributed by atoms with Gasteiger partial charge in [0.05, 0.1) is 0 Å². The summed E-state index contributed by atoms with van der Waals surface area (Å²) in [4.78, 5) is 15.7. The molecule has 1 aromatic carbocycles. The number of halogens is 1. The van der Waals surface area contributed by atoms with Gasteiger partial charge in [-0.15, -0.1) is 0 Å². The van der Waals surface area contributed by atoms with Gasteiger partial charge in [0, 0.05) is 6.20 Å². The molecule has 1 amide bonds. The lowest BCUT2D eigenvalue weighted by atomic mass is 10.3. The molecule has 104 valence electrons. The average Bonchev–Trinajstić information content (AvgIpc) is 2.43. The molecular formula is C14H13FN2O3. The van der Waals surface area contributed by atoms with Crippen molar-refractivity contribution in [2.45, 2.75) is 13.0 Å². The highest BCUT2D eigenvalue weighted by atomic mass is 19.1. The number of hydrogen-bond donors (Lipinski definition) is 2. The number of nitrogens with zero attached hydrogens (tertiary/aromatic N) is 1. The predicted molar refractivity (Wildman–Crippen MR) is 71.0 cm³/mol. The number of para-hydroxylation sites is 1. The van der Waals surface area contributed by atoms with Gasteiger partial charge in [-0.1, -0.05) is 12.1 Å². The molecule has 0 aliphatic rings. The van der Waals surface area contributed by atoms with Gasteiger partial charge in [-0.3, -0.25) is 4.79 Å². The van der Waals surface area contributed by atoms with Crippen molar-refractivity contribution in [3.63, 3.8) is 0 Å². The number of rotatable bonds is 4. The summed E-state index contributed by atoms with van der Waals surface area (Å²) < 4.78 is 18.6. The first kappa shape index (κ1) is 13.8. The Labute approximate surface area is 115 Å². The zero-order valence-corrected chi connectivity index (χ0v) is 10.7. The fourth-order valence-electron chi connectivity index (χ4n) is 1.50. The second-order valence-corrected chi connectivity index (χ2v) is 4.05. The summed E-state index contributed by atoms with van der Waals surface area (Å²) in [6.45, 7) is 1.47. The van der Waals surface area contributed by atoms with Crippen LogP contribution >= 0.6 is 0 Å². The Bertz CT molecular complexity index is 619. The van der Waals surface area contributed by atoms with Gasteiger partial charge in [-0.25, -0.2) is 9.37 Å². The molecule has 5 nitrogen and oxygen atoms in total. The molecule has 20 heavy (non-hydrogen) atoms. The molecule has 1 unspecified atom stereocenters. The molecule has 0 saturated carbocycles. The van der Waals surface area contributed by atoms with Crippen LogP contribution in [0.2, 0.25) is 0 Å². The minimum Gasteiger partial charge on any atom is -0.504 e. The Morgan fingerprint density at radius 3 is 2.80 bits per heavy atom. The van der Waals surface area contributed by atoms with Crippen molar-refractivity contribution >= 4 is 11.7 Å².